The normalized spacial score (nSPS) is 33.0. The van der Waals surface area contributed by atoms with Gasteiger partial charge in [0.15, 0.2) is 5.13 Å². The Morgan fingerprint density at radius 3 is 2.32 bits per heavy atom. The molecule has 0 spiro atoms. The third-order valence-corrected chi connectivity index (χ3v) is 8.95. The first kappa shape index (κ1) is 19.9. The number of carbonyl (C=O) groups is 1. The van der Waals surface area contributed by atoms with E-state index in [1.807, 2.05) is 35.7 Å². The van der Waals surface area contributed by atoms with Crippen LogP contribution in [-0.2, 0) is 4.79 Å². The van der Waals surface area contributed by atoms with Gasteiger partial charge in [0.2, 0.25) is 5.91 Å². The Morgan fingerprint density at radius 2 is 1.65 bits per heavy atom. The summed E-state index contributed by atoms with van der Waals surface area (Å²) in [6.07, 6.45) is 7.46. The lowest BCUT2D eigenvalue weighted by atomic mass is 9.54. The van der Waals surface area contributed by atoms with E-state index in [0.29, 0.717) is 11.7 Å². The van der Waals surface area contributed by atoms with Gasteiger partial charge in [0, 0.05) is 43.2 Å². The molecular formula is C25H32N4OS. The standard InChI is InChI=1S/C25H32N4OS/c30-23(27-25-26-22(16-31-25)19-4-2-1-3-5-19)15-28-6-8-29(9-7-28)24-20-11-17-10-18(13-20)14-21(24)12-17/h1-5,16-18,20-21,24H,6-15H2,(H,26,27,30). The highest BCUT2D eigenvalue weighted by Gasteiger charge is 2.50. The zero-order valence-electron chi connectivity index (χ0n) is 18.1. The van der Waals surface area contributed by atoms with Crippen molar-refractivity contribution >= 4 is 22.4 Å². The first-order valence-corrected chi connectivity index (χ1v) is 12.9. The van der Waals surface area contributed by atoms with Crippen LogP contribution in [0.25, 0.3) is 11.3 Å². The van der Waals surface area contributed by atoms with Crippen LogP contribution in [0.15, 0.2) is 35.7 Å². The van der Waals surface area contributed by atoms with Gasteiger partial charge >= 0.3 is 0 Å². The van der Waals surface area contributed by atoms with E-state index in [2.05, 4.69) is 20.1 Å². The Hall–Kier alpha value is -1.76. The summed E-state index contributed by atoms with van der Waals surface area (Å²) in [5.74, 6) is 4.04. The second-order valence-corrected chi connectivity index (χ2v) is 11.0. The van der Waals surface area contributed by atoms with Gasteiger partial charge in [0.25, 0.3) is 0 Å². The summed E-state index contributed by atoms with van der Waals surface area (Å²) in [5.41, 5.74) is 2.00. The Balaban J connectivity index is 1.00. The lowest BCUT2D eigenvalue weighted by Crippen LogP contribution is -2.60. The summed E-state index contributed by atoms with van der Waals surface area (Å²) >= 11 is 1.50. The average molecular weight is 437 g/mol. The van der Waals surface area contributed by atoms with Gasteiger partial charge in [-0.15, -0.1) is 11.3 Å². The lowest BCUT2D eigenvalue weighted by Gasteiger charge is -2.58. The highest BCUT2D eigenvalue weighted by Crippen LogP contribution is 2.55. The molecule has 5 aliphatic rings. The van der Waals surface area contributed by atoms with Crippen LogP contribution in [0.4, 0.5) is 5.13 Å². The second kappa shape index (κ2) is 8.30. The number of rotatable bonds is 5. The summed E-state index contributed by atoms with van der Waals surface area (Å²) in [5, 5.41) is 5.71. The van der Waals surface area contributed by atoms with Crippen molar-refractivity contribution in [2.75, 3.05) is 38.0 Å². The molecule has 4 bridgehead atoms. The molecule has 0 unspecified atom stereocenters. The van der Waals surface area contributed by atoms with Gasteiger partial charge in [-0.2, -0.15) is 0 Å². The first-order valence-electron chi connectivity index (χ1n) is 12.0. The zero-order chi connectivity index (χ0) is 20.8. The van der Waals surface area contributed by atoms with Crippen LogP contribution in [0.5, 0.6) is 0 Å². The molecule has 1 aliphatic heterocycles. The minimum atomic E-state index is 0.0528. The van der Waals surface area contributed by atoms with E-state index < -0.39 is 0 Å². The highest BCUT2D eigenvalue weighted by atomic mass is 32.1. The van der Waals surface area contributed by atoms with Gasteiger partial charge in [0.05, 0.1) is 12.2 Å². The fourth-order valence-corrected chi connectivity index (χ4v) is 7.88. The van der Waals surface area contributed by atoms with Gasteiger partial charge in [-0.25, -0.2) is 4.98 Å². The monoisotopic (exact) mass is 436 g/mol. The highest BCUT2D eigenvalue weighted by molar-refractivity contribution is 7.14. The molecule has 4 saturated carbocycles. The van der Waals surface area contributed by atoms with Gasteiger partial charge < -0.3 is 5.32 Å². The lowest BCUT2D eigenvalue weighted by molar-refractivity contribution is -0.118. The minimum Gasteiger partial charge on any atom is -0.301 e. The van der Waals surface area contributed by atoms with E-state index in [1.165, 1.54) is 43.4 Å². The van der Waals surface area contributed by atoms with E-state index in [1.54, 1.807) is 0 Å². The number of piperazine rings is 1. The number of nitrogens with zero attached hydrogens (tertiary/aromatic N) is 3. The van der Waals surface area contributed by atoms with Crippen LogP contribution in [0, 0.1) is 23.7 Å². The summed E-state index contributed by atoms with van der Waals surface area (Å²) in [6, 6.07) is 10.9. The number of benzene rings is 1. The Morgan fingerprint density at radius 1 is 0.968 bits per heavy atom. The Kier molecular flexibility index (Phi) is 5.33. The molecule has 1 amide bonds. The van der Waals surface area contributed by atoms with E-state index in [0.717, 1.165) is 67.1 Å². The maximum atomic E-state index is 12.6. The van der Waals surface area contributed by atoms with Crippen molar-refractivity contribution in [2.24, 2.45) is 23.7 Å². The molecule has 5 nitrogen and oxygen atoms in total. The number of hydrogen-bond donors (Lipinski definition) is 1. The topological polar surface area (TPSA) is 48.5 Å². The number of hydrogen-bond acceptors (Lipinski definition) is 5. The Bertz CT molecular complexity index is 893. The largest absolute Gasteiger partial charge is 0.301 e. The number of amides is 1. The average Bonchev–Trinajstić information content (AvgIpc) is 3.23. The number of nitrogens with one attached hydrogen (secondary N) is 1. The maximum absolute atomic E-state index is 12.6. The first-order chi connectivity index (χ1) is 15.2. The molecule has 6 heteroatoms. The minimum absolute atomic E-state index is 0.0528. The van der Waals surface area contributed by atoms with Crippen LogP contribution in [0.2, 0.25) is 0 Å². The molecular weight excluding hydrogens is 404 g/mol. The van der Waals surface area contributed by atoms with E-state index in [-0.39, 0.29) is 5.91 Å². The molecule has 1 saturated heterocycles. The van der Waals surface area contributed by atoms with Crippen molar-refractivity contribution in [3.8, 4) is 11.3 Å². The number of anilines is 1. The summed E-state index contributed by atoms with van der Waals surface area (Å²) < 4.78 is 0. The number of thiazole rings is 1. The molecule has 1 aromatic heterocycles. The molecule has 0 radical (unpaired) electrons. The van der Waals surface area contributed by atoms with Crippen molar-refractivity contribution in [1.29, 1.82) is 0 Å². The smallest absolute Gasteiger partial charge is 0.240 e. The molecule has 2 aromatic rings. The second-order valence-electron chi connectivity index (χ2n) is 10.2. The summed E-state index contributed by atoms with van der Waals surface area (Å²) in [7, 11) is 0. The molecule has 2 heterocycles. The van der Waals surface area contributed by atoms with Gasteiger partial charge in [-0.05, 0) is 55.8 Å². The van der Waals surface area contributed by atoms with E-state index in [4.69, 9.17) is 0 Å². The van der Waals surface area contributed by atoms with Crippen molar-refractivity contribution in [1.82, 2.24) is 14.8 Å². The number of aromatic nitrogens is 1. The molecule has 1 N–H and O–H groups in total. The van der Waals surface area contributed by atoms with E-state index in [9.17, 15) is 4.79 Å². The molecule has 0 atom stereocenters. The summed E-state index contributed by atoms with van der Waals surface area (Å²) in [6.45, 7) is 4.72. The molecule has 5 fully saturated rings. The molecule has 7 rings (SSSR count). The fourth-order valence-electron chi connectivity index (χ4n) is 7.15. The molecule has 1 aromatic carbocycles. The van der Waals surface area contributed by atoms with Crippen LogP contribution in [-0.4, -0.2) is 59.5 Å². The quantitative estimate of drug-likeness (QED) is 0.764. The van der Waals surface area contributed by atoms with Crippen LogP contribution >= 0.6 is 11.3 Å². The summed E-state index contributed by atoms with van der Waals surface area (Å²) in [4.78, 5) is 22.3. The number of carbonyl (C=O) groups excluding carboxylic acids is 1. The van der Waals surface area contributed by atoms with Gasteiger partial charge in [0.1, 0.15) is 0 Å². The van der Waals surface area contributed by atoms with E-state index >= 15 is 0 Å². The van der Waals surface area contributed by atoms with Crippen LogP contribution < -0.4 is 5.32 Å². The van der Waals surface area contributed by atoms with Crippen LogP contribution in [0.3, 0.4) is 0 Å². The van der Waals surface area contributed by atoms with Crippen molar-refractivity contribution in [3.05, 3.63) is 35.7 Å². The predicted molar refractivity (Wildman–Crippen MR) is 125 cm³/mol. The third kappa shape index (κ3) is 4.06. The van der Waals surface area contributed by atoms with Gasteiger partial charge in [-0.3, -0.25) is 14.6 Å². The van der Waals surface area contributed by atoms with Crippen molar-refractivity contribution in [3.63, 3.8) is 0 Å². The molecule has 31 heavy (non-hydrogen) atoms. The maximum Gasteiger partial charge on any atom is 0.240 e. The van der Waals surface area contributed by atoms with Gasteiger partial charge in [-0.1, -0.05) is 30.3 Å². The van der Waals surface area contributed by atoms with Crippen molar-refractivity contribution in [2.45, 2.75) is 38.1 Å². The third-order valence-electron chi connectivity index (χ3n) is 8.19. The van der Waals surface area contributed by atoms with Crippen LogP contribution in [0.1, 0.15) is 32.1 Å². The molecule has 4 aliphatic carbocycles. The fraction of sp³-hybridized carbons (Fsp3) is 0.600. The zero-order valence-corrected chi connectivity index (χ0v) is 18.9. The molecule has 164 valence electrons. The SMILES string of the molecule is O=C(CN1CCN(C2C3CC4CC(C3)CC2C4)CC1)Nc1nc(-c2ccccc2)cs1. The Labute approximate surface area is 188 Å². The van der Waals surface area contributed by atoms with Crippen molar-refractivity contribution < 1.29 is 4.79 Å². The predicted octanol–water partition coefficient (Wildman–Crippen LogP) is 4.19.